The molecule has 4 aromatic rings. The smallest absolute Gasteiger partial charge is 0.162 e. The van der Waals surface area contributed by atoms with E-state index in [0.717, 1.165) is 34.0 Å². The quantitative estimate of drug-likeness (QED) is 0.277. The number of carbonyl (C=O) groups is 1. The molecule has 1 N–H and O–H groups in total. The van der Waals surface area contributed by atoms with E-state index in [1.165, 1.54) is 6.07 Å². The fourth-order valence-electron chi connectivity index (χ4n) is 5.78. The standard InChI is InChI=1S/C32H26Cl2FNO2/c1-32(2)15-23-28-21-9-5-3-7-18(21)11-12-26(28)36-30(29(23)27(37)16-32)22-13-20(33)14-24(34)31(22)38-17-19-8-4-6-10-25(19)35/h3-14,30,36H,15-17H2,1-2H3/t30-/m1/s1. The van der Waals surface area contributed by atoms with Crippen LogP contribution in [-0.2, 0) is 11.4 Å². The molecule has 192 valence electrons. The summed E-state index contributed by atoms with van der Waals surface area (Å²) < 4.78 is 20.5. The van der Waals surface area contributed by atoms with Gasteiger partial charge in [0.05, 0.1) is 11.1 Å². The number of hydrogen-bond acceptors (Lipinski definition) is 3. The molecule has 0 fully saturated rings. The van der Waals surface area contributed by atoms with E-state index in [1.807, 2.05) is 12.1 Å². The molecular weight excluding hydrogens is 520 g/mol. The minimum Gasteiger partial charge on any atom is -0.487 e. The average Bonchev–Trinajstić information content (AvgIpc) is 2.87. The van der Waals surface area contributed by atoms with Crippen LogP contribution < -0.4 is 10.1 Å². The number of benzene rings is 4. The molecule has 0 radical (unpaired) electrons. The van der Waals surface area contributed by atoms with Gasteiger partial charge in [0.15, 0.2) is 5.78 Å². The number of rotatable bonds is 4. The lowest BCUT2D eigenvalue weighted by molar-refractivity contribution is -0.118. The number of allylic oxidation sites excluding steroid dienone is 1. The molecule has 3 nitrogen and oxygen atoms in total. The summed E-state index contributed by atoms with van der Waals surface area (Å²) in [5, 5.41) is 6.58. The molecule has 0 amide bonds. The molecule has 38 heavy (non-hydrogen) atoms. The van der Waals surface area contributed by atoms with Gasteiger partial charge in [0.2, 0.25) is 0 Å². The lowest BCUT2D eigenvalue weighted by Gasteiger charge is -2.40. The molecule has 0 spiro atoms. The highest BCUT2D eigenvalue weighted by molar-refractivity contribution is 6.35. The van der Waals surface area contributed by atoms with E-state index in [4.69, 9.17) is 27.9 Å². The van der Waals surface area contributed by atoms with Gasteiger partial charge >= 0.3 is 0 Å². The molecule has 0 unspecified atom stereocenters. The normalized spacial score (nSPS) is 18.1. The van der Waals surface area contributed by atoms with Gasteiger partial charge in [-0.25, -0.2) is 4.39 Å². The second-order valence-corrected chi connectivity index (χ2v) is 11.6. The Kier molecular flexibility index (Phi) is 6.20. The number of carbonyl (C=O) groups excluding carboxylic acids is 1. The largest absolute Gasteiger partial charge is 0.487 e. The number of Topliss-reactive ketones (excluding diaryl/α,β-unsaturated/α-hetero) is 1. The number of anilines is 1. The molecule has 6 heteroatoms. The third-order valence-electron chi connectivity index (χ3n) is 7.42. The Morgan fingerprint density at radius 2 is 1.76 bits per heavy atom. The zero-order valence-electron chi connectivity index (χ0n) is 21.1. The second-order valence-electron chi connectivity index (χ2n) is 10.8. The predicted molar refractivity (Wildman–Crippen MR) is 152 cm³/mol. The summed E-state index contributed by atoms with van der Waals surface area (Å²) in [6.45, 7) is 4.26. The summed E-state index contributed by atoms with van der Waals surface area (Å²) >= 11 is 13.2. The zero-order chi connectivity index (χ0) is 26.6. The first-order valence-electron chi connectivity index (χ1n) is 12.6. The topological polar surface area (TPSA) is 38.3 Å². The van der Waals surface area contributed by atoms with Crippen molar-refractivity contribution in [3.05, 3.63) is 111 Å². The molecule has 1 aliphatic carbocycles. The molecule has 0 bridgehead atoms. The summed E-state index contributed by atoms with van der Waals surface area (Å²) in [7, 11) is 0. The molecule has 6 rings (SSSR count). The van der Waals surface area contributed by atoms with Crippen molar-refractivity contribution in [2.24, 2.45) is 5.41 Å². The van der Waals surface area contributed by atoms with E-state index in [9.17, 15) is 9.18 Å². The monoisotopic (exact) mass is 545 g/mol. The van der Waals surface area contributed by atoms with Gasteiger partial charge in [-0.1, -0.05) is 85.6 Å². The van der Waals surface area contributed by atoms with Gasteiger partial charge < -0.3 is 10.1 Å². The lowest BCUT2D eigenvalue weighted by atomic mass is 9.68. The van der Waals surface area contributed by atoms with E-state index in [1.54, 1.807) is 30.3 Å². The van der Waals surface area contributed by atoms with Crippen molar-refractivity contribution in [2.45, 2.75) is 39.3 Å². The van der Waals surface area contributed by atoms with Crippen molar-refractivity contribution >= 4 is 51.0 Å². The van der Waals surface area contributed by atoms with Gasteiger partial charge in [-0.2, -0.15) is 0 Å². The van der Waals surface area contributed by atoms with Crippen LogP contribution in [0.4, 0.5) is 10.1 Å². The average molecular weight is 546 g/mol. The second kappa shape index (κ2) is 9.44. The SMILES string of the molecule is CC1(C)CC(=O)C2=C(C1)c1c(ccc3ccccc13)N[C@@H]2c1cc(Cl)cc(Cl)c1OCc1ccccc1F. The third kappa shape index (κ3) is 4.36. The van der Waals surface area contributed by atoms with E-state index in [-0.39, 0.29) is 23.6 Å². The van der Waals surface area contributed by atoms with E-state index < -0.39 is 6.04 Å². The first kappa shape index (κ1) is 25.0. The Bertz CT molecular complexity index is 1640. The Morgan fingerprint density at radius 3 is 2.58 bits per heavy atom. The Hall–Kier alpha value is -3.34. The van der Waals surface area contributed by atoms with Crippen LogP contribution in [0.2, 0.25) is 10.0 Å². The van der Waals surface area contributed by atoms with Crippen LogP contribution >= 0.6 is 23.2 Å². The van der Waals surface area contributed by atoms with E-state index in [0.29, 0.717) is 38.9 Å². The van der Waals surface area contributed by atoms with Crippen LogP contribution in [0.1, 0.15) is 49.4 Å². The van der Waals surface area contributed by atoms with Crippen molar-refractivity contribution < 1.29 is 13.9 Å². The predicted octanol–water partition coefficient (Wildman–Crippen LogP) is 9.17. The van der Waals surface area contributed by atoms with Crippen LogP contribution in [0, 0.1) is 11.2 Å². The number of ether oxygens (including phenoxy) is 1. The molecule has 0 saturated carbocycles. The molecule has 1 heterocycles. The lowest BCUT2D eigenvalue weighted by Crippen LogP contribution is -2.33. The number of halogens is 3. The van der Waals surface area contributed by atoms with Gasteiger partial charge in [-0.3, -0.25) is 4.79 Å². The van der Waals surface area contributed by atoms with Crippen LogP contribution in [-0.4, -0.2) is 5.78 Å². The first-order chi connectivity index (χ1) is 18.2. The van der Waals surface area contributed by atoms with Crippen LogP contribution in [0.25, 0.3) is 16.3 Å². The minimum atomic E-state index is -0.519. The number of fused-ring (bicyclic) bond motifs is 4. The van der Waals surface area contributed by atoms with Crippen molar-refractivity contribution in [3.63, 3.8) is 0 Å². The summed E-state index contributed by atoms with van der Waals surface area (Å²) in [6.07, 6.45) is 1.19. The molecule has 0 saturated heterocycles. The number of hydrogen-bond donors (Lipinski definition) is 1. The Balaban J connectivity index is 1.53. The fraction of sp³-hybridized carbons (Fsp3) is 0.219. The maximum Gasteiger partial charge on any atom is 0.162 e. The van der Waals surface area contributed by atoms with E-state index in [2.05, 4.69) is 43.4 Å². The van der Waals surface area contributed by atoms with Crippen molar-refractivity contribution in [1.82, 2.24) is 0 Å². The molecule has 2 aliphatic rings. The highest BCUT2D eigenvalue weighted by atomic mass is 35.5. The number of ketones is 1. The van der Waals surface area contributed by atoms with Crippen LogP contribution in [0.15, 0.2) is 78.4 Å². The number of nitrogens with one attached hydrogen (secondary N) is 1. The van der Waals surface area contributed by atoms with Crippen LogP contribution in [0.5, 0.6) is 5.75 Å². The minimum absolute atomic E-state index is 0.0121. The Morgan fingerprint density at radius 1 is 1.00 bits per heavy atom. The summed E-state index contributed by atoms with van der Waals surface area (Å²) in [4.78, 5) is 13.8. The molecule has 4 aromatic carbocycles. The highest BCUT2D eigenvalue weighted by Crippen LogP contribution is 2.53. The molecule has 1 aliphatic heterocycles. The molecule has 0 aromatic heterocycles. The fourth-order valence-corrected chi connectivity index (χ4v) is 6.35. The van der Waals surface area contributed by atoms with Crippen LogP contribution in [0.3, 0.4) is 0 Å². The Labute approximate surface area is 231 Å². The van der Waals surface area contributed by atoms with Crippen molar-refractivity contribution in [1.29, 1.82) is 0 Å². The third-order valence-corrected chi connectivity index (χ3v) is 7.92. The summed E-state index contributed by atoms with van der Waals surface area (Å²) in [6, 6.07) is 21.7. The van der Waals surface area contributed by atoms with Gasteiger partial charge in [0.1, 0.15) is 18.2 Å². The summed E-state index contributed by atoms with van der Waals surface area (Å²) in [5.74, 6) is 0.111. The maximum absolute atomic E-state index is 14.4. The first-order valence-corrected chi connectivity index (χ1v) is 13.4. The summed E-state index contributed by atoms with van der Waals surface area (Å²) in [5.41, 5.74) is 4.64. The highest BCUT2D eigenvalue weighted by Gasteiger charge is 2.42. The van der Waals surface area contributed by atoms with Gasteiger partial charge in [-0.15, -0.1) is 0 Å². The van der Waals surface area contributed by atoms with E-state index >= 15 is 0 Å². The van der Waals surface area contributed by atoms with Crippen molar-refractivity contribution in [2.75, 3.05) is 5.32 Å². The zero-order valence-corrected chi connectivity index (χ0v) is 22.6. The van der Waals surface area contributed by atoms with Gasteiger partial charge in [0.25, 0.3) is 0 Å². The van der Waals surface area contributed by atoms with Gasteiger partial charge in [-0.05, 0) is 52.4 Å². The maximum atomic E-state index is 14.4. The molecule has 1 atom stereocenters. The molecular formula is C32H26Cl2FNO2. The van der Waals surface area contributed by atoms with Gasteiger partial charge in [0, 0.05) is 39.4 Å². The van der Waals surface area contributed by atoms with Crippen molar-refractivity contribution in [3.8, 4) is 5.75 Å².